The average Bonchev–Trinajstić information content (AvgIpc) is 2.24. The van der Waals surface area contributed by atoms with Crippen LogP contribution in [0.15, 0.2) is 24.3 Å². The van der Waals surface area contributed by atoms with Gasteiger partial charge in [0.05, 0.1) is 13.2 Å². The quantitative estimate of drug-likeness (QED) is 0.728. The molecule has 1 aromatic rings. The predicted molar refractivity (Wildman–Crippen MR) is 61.9 cm³/mol. The molecule has 0 amide bonds. The Morgan fingerprint density at radius 3 is 2.67 bits per heavy atom. The van der Waals surface area contributed by atoms with E-state index in [4.69, 9.17) is 9.84 Å². The summed E-state index contributed by atoms with van der Waals surface area (Å²) < 4.78 is 5.62. The van der Waals surface area contributed by atoms with Gasteiger partial charge in [0.25, 0.3) is 0 Å². The summed E-state index contributed by atoms with van der Waals surface area (Å²) in [6.07, 6.45) is 2.25. The molecular formula is C13H20O2. The maximum absolute atomic E-state index is 9.08. The largest absolute Gasteiger partial charge is 0.493 e. The van der Waals surface area contributed by atoms with E-state index in [-0.39, 0.29) is 6.61 Å². The summed E-state index contributed by atoms with van der Waals surface area (Å²) in [6, 6.07) is 7.63. The topological polar surface area (TPSA) is 29.5 Å². The number of aliphatic hydroxyl groups is 1. The third-order valence-corrected chi connectivity index (χ3v) is 2.33. The number of hydrogen-bond donors (Lipinski definition) is 1. The molecular weight excluding hydrogens is 188 g/mol. The number of hydrogen-bond acceptors (Lipinski definition) is 2. The first-order valence-electron chi connectivity index (χ1n) is 5.55. The minimum absolute atomic E-state index is 0.0420. The number of aliphatic hydroxyl groups excluding tert-OH is 1. The Bertz CT molecular complexity index is 282. The van der Waals surface area contributed by atoms with E-state index >= 15 is 0 Å². The molecule has 0 saturated carbocycles. The van der Waals surface area contributed by atoms with E-state index in [1.54, 1.807) is 0 Å². The van der Waals surface area contributed by atoms with Gasteiger partial charge in [0, 0.05) is 5.56 Å². The number of para-hydroxylation sites is 1. The summed E-state index contributed by atoms with van der Waals surface area (Å²) in [6.45, 7) is 5.19. The van der Waals surface area contributed by atoms with Crippen molar-refractivity contribution in [3.63, 3.8) is 0 Å². The fourth-order valence-corrected chi connectivity index (χ4v) is 1.45. The van der Waals surface area contributed by atoms with Gasteiger partial charge in [-0.3, -0.25) is 0 Å². The van der Waals surface area contributed by atoms with Gasteiger partial charge in [0.15, 0.2) is 0 Å². The van der Waals surface area contributed by atoms with Crippen LogP contribution in [0.2, 0.25) is 0 Å². The summed E-state index contributed by atoms with van der Waals surface area (Å²) in [7, 11) is 0. The molecule has 2 nitrogen and oxygen atoms in total. The molecule has 0 unspecified atom stereocenters. The second-order valence-electron chi connectivity index (χ2n) is 4.15. The first-order valence-corrected chi connectivity index (χ1v) is 5.55. The maximum atomic E-state index is 9.08. The van der Waals surface area contributed by atoms with E-state index in [1.165, 1.54) is 6.42 Å². The summed E-state index contributed by atoms with van der Waals surface area (Å²) in [5.41, 5.74) is 0.863. The molecule has 15 heavy (non-hydrogen) atoms. The van der Waals surface area contributed by atoms with Crippen LogP contribution in [-0.4, -0.2) is 11.7 Å². The lowest BCUT2D eigenvalue weighted by Gasteiger charge is -2.10. The van der Waals surface area contributed by atoms with Crippen LogP contribution in [0.1, 0.15) is 32.3 Å². The molecule has 0 bridgehead atoms. The molecule has 0 aliphatic carbocycles. The van der Waals surface area contributed by atoms with Crippen molar-refractivity contribution in [1.82, 2.24) is 0 Å². The van der Waals surface area contributed by atoms with Gasteiger partial charge in [0.2, 0.25) is 0 Å². The second-order valence-corrected chi connectivity index (χ2v) is 4.15. The standard InChI is InChI=1S/C13H20O2/c1-11(2)6-5-9-15-13-8-4-3-7-12(13)10-14/h3-4,7-8,11,14H,5-6,9-10H2,1-2H3. The van der Waals surface area contributed by atoms with E-state index in [2.05, 4.69) is 13.8 Å². The van der Waals surface area contributed by atoms with Gasteiger partial charge in [-0.15, -0.1) is 0 Å². The molecule has 0 aromatic heterocycles. The van der Waals surface area contributed by atoms with Crippen LogP contribution in [0.4, 0.5) is 0 Å². The summed E-state index contributed by atoms with van der Waals surface area (Å²) in [5.74, 6) is 1.53. The lowest BCUT2D eigenvalue weighted by atomic mass is 10.1. The molecule has 0 aliphatic heterocycles. The zero-order valence-corrected chi connectivity index (χ0v) is 9.57. The van der Waals surface area contributed by atoms with Crippen molar-refractivity contribution in [2.24, 2.45) is 5.92 Å². The van der Waals surface area contributed by atoms with Crippen molar-refractivity contribution in [3.05, 3.63) is 29.8 Å². The van der Waals surface area contributed by atoms with Gasteiger partial charge < -0.3 is 9.84 Å². The third kappa shape index (κ3) is 4.34. The first kappa shape index (κ1) is 12.1. The van der Waals surface area contributed by atoms with Gasteiger partial charge in [-0.25, -0.2) is 0 Å². The molecule has 0 heterocycles. The highest BCUT2D eigenvalue weighted by Crippen LogP contribution is 2.18. The lowest BCUT2D eigenvalue weighted by Crippen LogP contribution is -2.01. The second kappa shape index (κ2) is 6.46. The molecule has 0 aliphatic rings. The van der Waals surface area contributed by atoms with Crippen LogP contribution in [0.25, 0.3) is 0 Å². The predicted octanol–water partition coefficient (Wildman–Crippen LogP) is 2.99. The van der Waals surface area contributed by atoms with Gasteiger partial charge >= 0.3 is 0 Å². The third-order valence-electron chi connectivity index (χ3n) is 2.33. The Labute approximate surface area is 91.9 Å². The molecule has 1 rings (SSSR count). The molecule has 2 heteroatoms. The Morgan fingerprint density at radius 1 is 1.27 bits per heavy atom. The monoisotopic (exact) mass is 208 g/mol. The smallest absolute Gasteiger partial charge is 0.124 e. The van der Waals surface area contributed by atoms with E-state index in [9.17, 15) is 0 Å². The Morgan fingerprint density at radius 2 is 2.00 bits per heavy atom. The number of benzene rings is 1. The fourth-order valence-electron chi connectivity index (χ4n) is 1.45. The Balaban J connectivity index is 2.36. The van der Waals surface area contributed by atoms with E-state index < -0.39 is 0 Å². The summed E-state index contributed by atoms with van der Waals surface area (Å²) in [5, 5.41) is 9.08. The van der Waals surface area contributed by atoms with E-state index in [1.807, 2.05) is 24.3 Å². The Kier molecular flexibility index (Phi) is 5.19. The first-order chi connectivity index (χ1) is 7.24. The zero-order chi connectivity index (χ0) is 11.1. The summed E-state index contributed by atoms with van der Waals surface area (Å²) in [4.78, 5) is 0. The summed E-state index contributed by atoms with van der Waals surface area (Å²) >= 11 is 0. The fraction of sp³-hybridized carbons (Fsp3) is 0.538. The van der Waals surface area contributed by atoms with Crippen LogP contribution in [-0.2, 0) is 6.61 Å². The van der Waals surface area contributed by atoms with Crippen molar-refractivity contribution in [3.8, 4) is 5.75 Å². The van der Waals surface area contributed by atoms with Crippen molar-refractivity contribution in [2.75, 3.05) is 6.61 Å². The van der Waals surface area contributed by atoms with Crippen molar-refractivity contribution in [2.45, 2.75) is 33.3 Å². The van der Waals surface area contributed by atoms with Crippen LogP contribution >= 0.6 is 0 Å². The van der Waals surface area contributed by atoms with Crippen molar-refractivity contribution < 1.29 is 9.84 Å². The highest BCUT2D eigenvalue weighted by molar-refractivity contribution is 5.32. The molecule has 0 saturated heterocycles. The van der Waals surface area contributed by atoms with E-state index in [0.717, 1.165) is 30.3 Å². The normalized spacial score (nSPS) is 10.7. The highest BCUT2D eigenvalue weighted by atomic mass is 16.5. The maximum Gasteiger partial charge on any atom is 0.124 e. The van der Waals surface area contributed by atoms with Crippen molar-refractivity contribution in [1.29, 1.82) is 0 Å². The molecule has 84 valence electrons. The van der Waals surface area contributed by atoms with Gasteiger partial charge in [0.1, 0.15) is 5.75 Å². The molecule has 0 fully saturated rings. The minimum atomic E-state index is 0.0420. The van der Waals surface area contributed by atoms with Crippen LogP contribution < -0.4 is 4.74 Å². The molecule has 0 spiro atoms. The average molecular weight is 208 g/mol. The molecule has 0 radical (unpaired) electrons. The molecule has 1 N–H and O–H groups in total. The SMILES string of the molecule is CC(C)CCCOc1ccccc1CO. The van der Waals surface area contributed by atoms with Crippen LogP contribution in [0.3, 0.4) is 0 Å². The molecule has 0 atom stereocenters. The highest BCUT2D eigenvalue weighted by Gasteiger charge is 2.01. The van der Waals surface area contributed by atoms with Crippen LogP contribution in [0, 0.1) is 5.92 Å². The zero-order valence-electron chi connectivity index (χ0n) is 9.57. The van der Waals surface area contributed by atoms with Gasteiger partial charge in [-0.2, -0.15) is 0 Å². The van der Waals surface area contributed by atoms with Gasteiger partial charge in [-0.1, -0.05) is 32.0 Å². The van der Waals surface area contributed by atoms with Crippen LogP contribution in [0.5, 0.6) is 5.75 Å². The van der Waals surface area contributed by atoms with E-state index in [0.29, 0.717) is 0 Å². The molecule has 1 aromatic carbocycles. The number of ether oxygens (including phenoxy) is 1. The number of rotatable bonds is 6. The van der Waals surface area contributed by atoms with Gasteiger partial charge in [-0.05, 0) is 24.8 Å². The van der Waals surface area contributed by atoms with Crippen molar-refractivity contribution >= 4 is 0 Å². The minimum Gasteiger partial charge on any atom is -0.493 e. The Hall–Kier alpha value is -1.02. The lowest BCUT2D eigenvalue weighted by molar-refractivity contribution is 0.258.